The second kappa shape index (κ2) is 16.3. The van der Waals surface area contributed by atoms with Crippen LogP contribution in [0, 0.1) is 11.8 Å². The van der Waals surface area contributed by atoms with E-state index >= 15 is 0 Å². The third-order valence-corrected chi connectivity index (χ3v) is 6.49. The summed E-state index contributed by atoms with van der Waals surface area (Å²) in [4.78, 5) is 37.8. The van der Waals surface area contributed by atoms with E-state index in [0.717, 1.165) is 18.4 Å². The first-order valence-corrected chi connectivity index (χ1v) is 13.4. The Morgan fingerprint density at radius 1 is 1.32 bits per heavy atom. The van der Waals surface area contributed by atoms with Gasteiger partial charge in [0, 0.05) is 32.4 Å². The summed E-state index contributed by atoms with van der Waals surface area (Å²) in [5.74, 6) is -1.41. The van der Waals surface area contributed by atoms with Crippen molar-refractivity contribution in [3.8, 4) is 0 Å². The largest absolute Gasteiger partial charge is 0.457 e. The standard InChI is InChI=1S/C29H47NO8/c1-8-9-17-30(7)28(34)36-19-20(2)11-10-12-21(3)27-22(4)13-14-25(37-23(5)31)29(6,35)16-15-24(32)18-26(33)38-27/h10-14,20,22,24-25,27,32,35H,8-9,15-19H2,1-7H3/b11-10+,14-13+,21-12+/t20-,22+,24-,25+,27-,29-/m1/s1. The molecule has 0 radical (unpaired) electrons. The SMILES string of the molecule is CCCCN(C)C(=O)OC[C@H](C)/C=C/C=C(\C)[C@H]1OC(=O)C[C@H](O)CC[C@@](C)(O)[C@@H](OC(C)=O)/C=C/[C@@H]1C. The first-order valence-electron chi connectivity index (χ1n) is 13.4. The molecule has 1 heterocycles. The normalized spacial score (nSPS) is 29.0. The van der Waals surface area contributed by atoms with Crippen LogP contribution < -0.4 is 0 Å². The number of esters is 2. The molecule has 0 aliphatic carbocycles. The Bertz CT molecular complexity index is 863. The highest BCUT2D eigenvalue weighted by molar-refractivity contribution is 5.70. The summed E-state index contributed by atoms with van der Waals surface area (Å²) in [6.45, 7) is 11.4. The molecule has 0 aromatic heterocycles. The molecule has 0 fully saturated rings. The van der Waals surface area contributed by atoms with Crippen LogP contribution in [0.25, 0.3) is 0 Å². The average Bonchev–Trinajstić information content (AvgIpc) is 2.84. The third-order valence-electron chi connectivity index (χ3n) is 6.49. The molecule has 38 heavy (non-hydrogen) atoms. The zero-order valence-electron chi connectivity index (χ0n) is 24.0. The lowest BCUT2D eigenvalue weighted by atomic mass is 9.88. The minimum atomic E-state index is -1.42. The Kier molecular flexibility index (Phi) is 14.4. The number of carbonyl (C=O) groups is 3. The van der Waals surface area contributed by atoms with Crippen molar-refractivity contribution in [3.05, 3.63) is 36.0 Å². The molecule has 1 rings (SSSR count). The fraction of sp³-hybridized carbons (Fsp3) is 0.690. The van der Waals surface area contributed by atoms with E-state index in [1.807, 2.05) is 39.0 Å². The molecule has 1 amide bonds. The van der Waals surface area contributed by atoms with Crippen molar-refractivity contribution in [3.63, 3.8) is 0 Å². The van der Waals surface area contributed by atoms with Gasteiger partial charge in [-0.3, -0.25) is 9.59 Å². The summed E-state index contributed by atoms with van der Waals surface area (Å²) >= 11 is 0. The lowest BCUT2D eigenvalue weighted by Gasteiger charge is -2.32. The second-order valence-electron chi connectivity index (χ2n) is 10.6. The van der Waals surface area contributed by atoms with Gasteiger partial charge in [0.25, 0.3) is 0 Å². The molecule has 0 unspecified atom stereocenters. The maximum atomic E-state index is 12.6. The molecule has 1 aliphatic rings. The molecular formula is C29H47NO8. The Balaban J connectivity index is 2.99. The van der Waals surface area contributed by atoms with Crippen molar-refractivity contribution in [2.75, 3.05) is 20.2 Å². The Hall–Kier alpha value is -2.65. The van der Waals surface area contributed by atoms with E-state index in [9.17, 15) is 24.6 Å². The molecule has 0 saturated carbocycles. The van der Waals surface area contributed by atoms with Crippen LogP contribution in [-0.4, -0.2) is 77.3 Å². The van der Waals surface area contributed by atoms with E-state index in [-0.39, 0.29) is 43.8 Å². The van der Waals surface area contributed by atoms with Crippen molar-refractivity contribution in [1.82, 2.24) is 4.90 Å². The molecule has 2 N–H and O–H groups in total. The van der Waals surface area contributed by atoms with Gasteiger partial charge in [-0.05, 0) is 44.8 Å². The van der Waals surface area contributed by atoms with Gasteiger partial charge in [0.1, 0.15) is 17.8 Å². The minimum absolute atomic E-state index is 0.0272. The average molecular weight is 538 g/mol. The molecular weight excluding hydrogens is 490 g/mol. The van der Waals surface area contributed by atoms with Gasteiger partial charge in [-0.1, -0.05) is 51.5 Å². The van der Waals surface area contributed by atoms with Crippen molar-refractivity contribution < 1.29 is 38.8 Å². The maximum absolute atomic E-state index is 12.6. The summed E-state index contributed by atoms with van der Waals surface area (Å²) in [5.41, 5.74) is -0.656. The molecule has 0 aromatic rings. The Morgan fingerprint density at radius 3 is 2.63 bits per heavy atom. The van der Waals surface area contributed by atoms with Gasteiger partial charge in [0.2, 0.25) is 0 Å². The molecule has 216 valence electrons. The molecule has 1 aliphatic heterocycles. The Labute approximate surface area is 227 Å². The third kappa shape index (κ3) is 12.3. The zero-order chi connectivity index (χ0) is 28.9. The number of allylic oxidation sites excluding steroid dienone is 2. The molecule has 0 spiro atoms. The van der Waals surface area contributed by atoms with Crippen molar-refractivity contribution >= 4 is 18.0 Å². The van der Waals surface area contributed by atoms with Crippen LogP contribution in [0.5, 0.6) is 0 Å². The van der Waals surface area contributed by atoms with Crippen molar-refractivity contribution in [2.45, 2.75) is 97.6 Å². The predicted octanol–water partition coefficient (Wildman–Crippen LogP) is 4.33. The topological polar surface area (TPSA) is 123 Å². The number of aliphatic hydroxyl groups excluding tert-OH is 1. The van der Waals surface area contributed by atoms with Crippen LogP contribution in [-0.2, 0) is 23.8 Å². The van der Waals surface area contributed by atoms with Crippen LogP contribution in [0.3, 0.4) is 0 Å². The summed E-state index contributed by atoms with van der Waals surface area (Å²) in [6.07, 6.45) is 8.01. The van der Waals surface area contributed by atoms with Gasteiger partial charge < -0.3 is 29.3 Å². The Morgan fingerprint density at radius 2 is 2.00 bits per heavy atom. The number of hydrogen-bond donors (Lipinski definition) is 2. The number of rotatable bonds is 9. The second-order valence-corrected chi connectivity index (χ2v) is 10.6. The van der Waals surface area contributed by atoms with Crippen LogP contribution in [0.1, 0.15) is 73.6 Å². The van der Waals surface area contributed by atoms with E-state index in [0.29, 0.717) is 6.54 Å². The molecule has 0 bridgehead atoms. The van der Waals surface area contributed by atoms with Crippen LogP contribution in [0.15, 0.2) is 36.0 Å². The van der Waals surface area contributed by atoms with Crippen LogP contribution in [0.2, 0.25) is 0 Å². The maximum Gasteiger partial charge on any atom is 0.409 e. The van der Waals surface area contributed by atoms with E-state index in [1.165, 1.54) is 6.92 Å². The quantitative estimate of drug-likeness (QED) is 0.193. The molecule has 9 nitrogen and oxygen atoms in total. The van der Waals surface area contributed by atoms with Gasteiger partial charge >= 0.3 is 18.0 Å². The highest BCUT2D eigenvalue weighted by Crippen LogP contribution is 2.27. The molecule has 0 aromatic carbocycles. The number of ether oxygens (including phenoxy) is 3. The van der Waals surface area contributed by atoms with Crippen molar-refractivity contribution in [2.24, 2.45) is 11.8 Å². The summed E-state index contributed by atoms with van der Waals surface area (Å²) in [5, 5.41) is 21.2. The van der Waals surface area contributed by atoms with Gasteiger partial charge in [0.15, 0.2) is 0 Å². The number of unbranched alkanes of at least 4 members (excludes halogenated alkanes) is 1. The number of cyclic esters (lactones) is 1. The summed E-state index contributed by atoms with van der Waals surface area (Å²) in [6, 6.07) is 0. The highest BCUT2D eigenvalue weighted by atomic mass is 16.6. The number of carbonyl (C=O) groups excluding carboxylic acids is 3. The van der Waals surface area contributed by atoms with E-state index < -0.39 is 35.9 Å². The van der Waals surface area contributed by atoms with E-state index in [4.69, 9.17) is 14.2 Å². The summed E-state index contributed by atoms with van der Waals surface area (Å²) in [7, 11) is 1.72. The van der Waals surface area contributed by atoms with E-state index in [2.05, 4.69) is 6.92 Å². The lowest BCUT2D eigenvalue weighted by molar-refractivity contribution is -0.157. The smallest absolute Gasteiger partial charge is 0.409 e. The van der Waals surface area contributed by atoms with Gasteiger partial charge in [-0.25, -0.2) is 4.79 Å². The van der Waals surface area contributed by atoms with Crippen LogP contribution >= 0.6 is 0 Å². The molecule has 6 atom stereocenters. The number of hydrogen-bond acceptors (Lipinski definition) is 8. The molecule has 9 heteroatoms. The monoisotopic (exact) mass is 537 g/mol. The minimum Gasteiger partial charge on any atom is -0.457 e. The number of nitrogens with zero attached hydrogens (tertiary/aromatic N) is 1. The van der Waals surface area contributed by atoms with Crippen molar-refractivity contribution in [1.29, 1.82) is 0 Å². The molecule has 0 saturated heterocycles. The zero-order valence-corrected chi connectivity index (χ0v) is 24.0. The van der Waals surface area contributed by atoms with Crippen LogP contribution in [0.4, 0.5) is 4.79 Å². The summed E-state index contributed by atoms with van der Waals surface area (Å²) < 4.78 is 16.4. The first kappa shape index (κ1) is 33.4. The first-order chi connectivity index (χ1) is 17.8. The fourth-order valence-electron chi connectivity index (χ4n) is 3.98. The number of amides is 1. The van der Waals surface area contributed by atoms with Gasteiger partial charge in [-0.2, -0.15) is 0 Å². The number of aliphatic hydroxyl groups is 2. The fourth-order valence-corrected chi connectivity index (χ4v) is 3.98. The lowest BCUT2D eigenvalue weighted by Crippen LogP contribution is -2.42. The van der Waals surface area contributed by atoms with Gasteiger partial charge in [-0.15, -0.1) is 0 Å². The van der Waals surface area contributed by atoms with Gasteiger partial charge in [0.05, 0.1) is 19.1 Å². The highest BCUT2D eigenvalue weighted by Gasteiger charge is 2.35. The van der Waals surface area contributed by atoms with E-state index in [1.54, 1.807) is 31.0 Å². The predicted molar refractivity (Wildman–Crippen MR) is 145 cm³/mol.